The van der Waals surface area contributed by atoms with Crippen LogP contribution in [0.1, 0.15) is 50.4 Å². The Balaban J connectivity index is 1.58. The van der Waals surface area contributed by atoms with Crippen molar-refractivity contribution in [3.05, 3.63) is 102 Å². The fraction of sp³-hybridized carbons (Fsp3) is 0.378. The third-order valence-corrected chi connectivity index (χ3v) is 8.39. The standard InChI is InChI=1S/C37H45N5O7/c1-4-24(3)34(32(43)20-33(44)48-5-2)42-36(46)31(19-28-21-38-23-39-28)40-35(45)30(41-37(47)49-22-25-12-7-6-8-13-25)18-27-16-11-15-26-14-9-10-17-29(26)27/h6-17,21,23-24,30-32,34,43H,4-5,18-20,22H2,1-3H3,(H,38,39)(H,40,45)(H,41,47)(H,42,46)/t24?,30-,31-,32?,34?/m1/s1. The van der Waals surface area contributed by atoms with Gasteiger partial charge >= 0.3 is 12.1 Å². The third-order valence-electron chi connectivity index (χ3n) is 8.39. The van der Waals surface area contributed by atoms with Crippen LogP contribution >= 0.6 is 0 Å². The largest absolute Gasteiger partial charge is 0.466 e. The second-order valence-electron chi connectivity index (χ2n) is 11.9. The average Bonchev–Trinajstić information content (AvgIpc) is 3.62. The van der Waals surface area contributed by atoms with E-state index in [2.05, 4.69) is 25.9 Å². The molecule has 4 rings (SSSR count). The molecule has 12 nitrogen and oxygen atoms in total. The smallest absolute Gasteiger partial charge is 0.408 e. The predicted octanol–water partition coefficient (Wildman–Crippen LogP) is 3.97. The number of aromatic amines is 1. The number of rotatable bonds is 17. The Morgan fingerprint density at radius 1 is 0.837 bits per heavy atom. The fourth-order valence-electron chi connectivity index (χ4n) is 5.55. The maximum atomic E-state index is 14.1. The zero-order valence-corrected chi connectivity index (χ0v) is 28.1. The first-order chi connectivity index (χ1) is 23.7. The summed E-state index contributed by atoms with van der Waals surface area (Å²) in [5.74, 6) is -2.00. The number of alkyl carbamates (subject to hydrolysis) is 1. The number of amides is 3. The number of hydrogen-bond donors (Lipinski definition) is 5. The van der Waals surface area contributed by atoms with Gasteiger partial charge in [0.15, 0.2) is 0 Å². The molecule has 1 heterocycles. The lowest BCUT2D eigenvalue weighted by molar-refractivity contribution is -0.146. The van der Waals surface area contributed by atoms with Crippen molar-refractivity contribution in [3.63, 3.8) is 0 Å². The molecule has 0 aliphatic carbocycles. The highest BCUT2D eigenvalue weighted by atomic mass is 16.5. The number of ether oxygens (including phenoxy) is 2. The molecule has 0 bridgehead atoms. The van der Waals surface area contributed by atoms with Crippen LogP contribution in [0.25, 0.3) is 10.8 Å². The van der Waals surface area contributed by atoms with Crippen molar-refractivity contribution in [1.82, 2.24) is 25.9 Å². The highest BCUT2D eigenvalue weighted by molar-refractivity contribution is 5.93. The van der Waals surface area contributed by atoms with Crippen LogP contribution in [0.3, 0.4) is 0 Å². The zero-order valence-electron chi connectivity index (χ0n) is 28.1. The van der Waals surface area contributed by atoms with Crippen molar-refractivity contribution in [2.75, 3.05) is 6.61 Å². The van der Waals surface area contributed by atoms with E-state index in [-0.39, 0.29) is 38.4 Å². The van der Waals surface area contributed by atoms with E-state index in [4.69, 9.17) is 9.47 Å². The summed E-state index contributed by atoms with van der Waals surface area (Å²) in [5.41, 5.74) is 2.10. The number of nitrogens with one attached hydrogen (secondary N) is 4. The summed E-state index contributed by atoms with van der Waals surface area (Å²) < 4.78 is 10.5. The summed E-state index contributed by atoms with van der Waals surface area (Å²) in [4.78, 5) is 60.2. The number of fused-ring (bicyclic) bond motifs is 1. The van der Waals surface area contributed by atoms with Crippen LogP contribution in [0.2, 0.25) is 0 Å². The Morgan fingerprint density at radius 3 is 2.24 bits per heavy atom. The van der Waals surface area contributed by atoms with Gasteiger partial charge in [-0.2, -0.15) is 0 Å². The Hall–Kier alpha value is -5.23. The van der Waals surface area contributed by atoms with Gasteiger partial charge in [-0.1, -0.05) is 93.1 Å². The number of carbonyl (C=O) groups excluding carboxylic acids is 4. The number of hydrogen-bond acceptors (Lipinski definition) is 8. The normalized spacial score (nSPS) is 14.1. The van der Waals surface area contributed by atoms with Crippen LogP contribution < -0.4 is 16.0 Å². The predicted molar refractivity (Wildman–Crippen MR) is 184 cm³/mol. The van der Waals surface area contributed by atoms with Crippen molar-refractivity contribution in [1.29, 1.82) is 0 Å². The minimum absolute atomic E-state index is 0.00456. The highest BCUT2D eigenvalue weighted by Crippen LogP contribution is 2.20. The molecule has 4 aromatic rings. The molecular weight excluding hydrogens is 626 g/mol. The van der Waals surface area contributed by atoms with Gasteiger partial charge in [-0.05, 0) is 34.7 Å². The molecule has 0 saturated carbocycles. The van der Waals surface area contributed by atoms with E-state index in [1.807, 2.05) is 86.6 Å². The van der Waals surface area contributed by atoms with Crippen LogP contribution in [0, 0.1) is 5.92 Å². The van der Waals surface area contributed by atoms with E-state index in [1.54, 1.807) is 13.1 Å². The molecule has 3 aromatic carbocycles. The summed E-state index contributed by atoms with van der Waals surface area (Å²) in [5, 5.41) is 21.2. The molecule has 3 amide bonds. The number of benzene rings is 3. The van der Waals surface area contributed by atoms with Gasteiger partial charge in [-0.25, -0.2) is 9.78 Å². The maximum absolute atomic E-state index is 14.1. The van der Waals surface area contributed by atoms with Crippen LogP contribution in [0.4, 0.5) is 4.79 Å². The molecule has 3 unspecified atom stereocenters. The summed E-state index contributed by atoms with van der Waals surface area (Å²) in [6, 6.07) is 19.5. The number of aliphatic hydroxyl groups excluding tert-OH is 1. The molecule has 0 saturated heterocycles. The first-order valence-corrected chi connectivity index (χ1v) is 16.5. The van der Waals surface area contributed by atoms with Gasteiger partial charge in [0.25, 0.3) is 0 Å². The number of carbonyl (C=O) groups is 4. The van der Waals surface area contributed by atoms with E-state index in [0.717, 1.165) is 21.9 Å². The van der Waals surface area contributed by atoms with Gasteiger partial charge in [-0.3, -0.25) is 14.4 Å². The Bertz CT molecular complexity index is 1660. The van der Waals surface area contributed by atoms with E-state index < -0.39 is 48.1 Å². The molecule has 12 heteroatoms. The first-order valence-electron chi connectivity index (χ1n) is 16.5. The summed E-state index contributed by atoms with van der Waals surface area (Å²) >= 11 is 0. The van der Waals surface area contributed by atoms with Crippen molar-refractivity contribution in [2.45, 2.75) is 77.3 Å². The minimum Gasteiger partial charge on any atom is -0.466 e. The van der Waals surface area contributed by atoms with E-state index in [1.165, 1.54) is 6.33 Å². The molecule has 1 aromatic heterocycles. The molecule has 260 valence electrons. The molecular formula is C37H45N5O7. The molecule has 49 heavy (non-hydrogen) atoms. The first kappa shape index (κ1) is 36.6. The molecule has 0 radical (unpaired) electrons. The molecule has 0 aliphatic heterocycles. The van der Waals surface area contributed by atoms with Gasteiger partial charge in [0.2, 0.25) is 11.8 Å². The lowest BCUT2D eigenvalue weighted by Crippen LogP contribution is -2.58. The second kappa shape index (κ2) is 18.3. The van der Waals surface area contributed by atoms with Crippen molar-refractivity contribution < 1.29 is 33.8 Å². The molecule has 5 atom stereocenters. The quantitative estimate of drug-likeness (QED) is 0.105. The lowest BCUT2D eigenvalue weighted by Gasteiger charge is -2.31. The van der Waals surface area contributed by atoms with Crippen molar-refractivity contribution in [2.24, 2.45) is 5.92 Å². The van der Waals surface area contributed by atoms with E-state index in [0.29, 0.717) is 12.1 Å². The van der Waals surface area contributed by atoms with Gasteiger partial charge in [-0.15, -0.1) is 0 Å². The van der Waals surface area contributed by atoms with E-state index >= 15 is 0 Å². The van der Waals surface area contributed by atoms with Gasteiger partial charge < -0.3 is 35.5 Å². The number of imidazole rings is 1. The Kier molecular flexibility index (Phi) is 13.7. The fourth-order valence-corrected chi connectivity index (χ4v) is 5.55. The third kappa shape index (κ3) is 10.9. The number of aromatic nitrogens is 2. The van der Waals surface area contributed by atoms with Crippen LogP contribution in [0.5, 0.6) is 0 Å². The molecule has 0 spiro atoms. The van der Waals surface area contributed by atoms with Gasteiger partial charge in [0, 0.05) is 19.0 Å². The summed E-state index contributed by atoms with van der Waals surface area (Å²) in [7, 11) is 0. The van der Waals surface area contributed by atoms with Gasteiger partial charge in [0.05, 0.1) is 37.2 Å². The summed E-state index contributed by atoms with van der Waals surface area (Å²) in [6.07, 6.45) is 1.48. The van der Waals surface area contributed by atoms with E-state index in [9.17, 15) is 24.3 Å². The average molecular weight is 672 g/mol. The summed E-state index contributed by atoms with van der Waals surface area (Å²) in [6.45, 7) is 5.60. The SMILES string of the molecule is CCOC(=O)CC(O)C(NC(=O)[C@@H](Cc1c[nH]cn1)NC(=O)[C@@H](Cc1cccc2ccccc12)NC(=O)OCc1ccccc1)C(C)CC. The number of esters is 1. The van der Waals surface area contributed by atoms with Crippen LogP contribution in [-0.2, 0) is 43.3 Å². The topological polar surface area (TPSA) is 172 Å². The number of H-pyrrole nitrogens is 1. The monoisotopic (exact) mass is 671 g/mol. The Morgan fingerprint density at radius 2 is 1.53 bits per heavy atom. The molecule has 5 N–H and O–H groups in total. The van der Waals surface area contributed by atoms with Crippen molar-refractivity contribution in [3.8, 4) is 0 Å². The Labute approximate surface area is 286 Å². The van der Waals surface area contributed by atoms with Crippen molar-refractivity contribution >= 4 is 34.6 Å². The maximum Gasteiger partial charge on any atom is 0.408 e. The number of nitrogens with zero attached hydrogens (tertiary/aromatic N) is 1. The van der Waals surface area contributed by atoms with Gasteiger partial charge in [0.1, 0.15) is 18.7 Å². The second-order valence-corrected chi connectivity index (χ2v) is 11.9. The lowest BCUT2D eigenvalue weighted by atomic mass is 9.92. The molecule has 0 aliphatic rings. The highest BCUT2D eigenvalue weighted by Gasteiger charge is 2.33. The van der Waals surface area contributed by atoms with Crippen LogP contribution in [-0.4, -0.2) is 69.8 Å². The number of aliphatic hydroxyl groups is 1. The molecule has 0 fully saturated rings. The minimum atomic E-state index is -1.22. The van der Waals surface area contributed by atoms with Crippen LogP contribution in [0.15, 0.2) is 85.3 Å². The zero-order chi connectivity index (χ0) is 35.2.